The van der Waals surface area contributed by atoms with Crippen LogP contribution in [0.5, 0.6) is 0 Å². The van der Waals surface area contributed by atoms with Gasteiger partial charge in [0.25, 0.3) is 0 Å². The molecule has 0 radical (unpaired) electrons. The van der Waals surface area contributed by atoms with Crippen LogP contribution in [-0.2, 0) is 10.0 Å². The molecule has 0 heterocycles. The molecule has 1 fully saturated rings. The minimum absolute atomic E-state index is 0.0781. The lowest BCUT2D eigenvalue weighted by molar-refractivity contribution is 0.246. The molecule has 0 aromatic carbocycles. The van der Waals surface area contributed by atoms with E-state index in [4.69, 9.17) is 5.11 Å². The first-order valence-electron chi connectivity index (χ1n) is 3.66. The average Bonchev–Trinajstić information content (AvgIpc) is 2.69. The maximum absolute atomic E-state index is 11.0. The van der Waals surface area contributed by atoms with Crippen molar-refractivity contribution >= 4 is 10.0 Å². The Morgan fingerprint density at radius 2 is 2.09 bits per heavy atom. The van der Waals surface area contributed by atoms with Crippen molar-refractivity contribution in [3.63, 3.8) is 0 Å². The number of aliphatic hydroxyl groups excluding tert-OH is 1. The molecule has 2 N–H and O–H groups in total. The molecule has 1 saturated carbocycles. The highest BCUT2D eigenvalue weighted by molar-refractivity contribution is 7.89. The SMILES string of the molecule is CCS(=O)(=O)NC1(CO)CC1. The fourth-order valence-corrected chi connectivity index (χ4v) is 1.92. The van der Waals surface area contributed by atoms with E-state index in [1.165, 1.54) is 0 Å². The molecule has 0 aromatic rings. The second kappa shape index (κ2) is 2.73. The summed E-state index contributed by atoms with van der Waals surface area (Å²) in [6, 6.07) is 0. The van der Waals surface area contributed by atoms with Crippen molar-refractivity contribution in [2.24, 2.45) is 0 Å². The lowest BCUT2D eigenvalue weighted by atomic mass is 10.3. The van der Waals surface area contributed by atoms with Crippen molar-refractivity contribution < 1.29 is 13.5 Å². The molecule has 0 unspecified atom stereocenters. The van der Waals surface area contributed by atoms with Gasteiger partial charge in [-0.3, -0.25) is 0 Å². The van der Waals surface area contributed by atoms with Crippen molar-refractivity contribution in [3.05, 3.63) is 0 Å². The van der Waals surface area contributed by atoms with E-state index in [1.54, 1.807) is 6.92 Å². The fourth-order valence-electron chi connectivity index (χ4n) is 0.845. The second-order valence-corrected chi connectivity index (χ2v) is 4.95. The van der Waals surface area contributed by atoms with Gasteiger partial charge in [-0.1, -0.05) is 0 Å². The molecule has 11 heavy (non-hydrogen) atoms. The predicted octanol–water partition coefficient (Wildman–Crippen LogP) is -0.549. The Kier molecular flexibility index (Phi) is 2.22. The van der Waals surface area contributed by atoms with Gasteiger partial charge in [-0.25, -0.2) is 13.1 Å². The summed E-state index contributed by atoms with van der Waals surface area (Å²) in [4.78, 5) is 0. The van der Waals surface area contributed by atoms with E-state index in [0.29, 0.717) is 0 Å². The molecule has 0 saturated heterocycles. The maximum Gasteiger partial charge on any atom is 0.211 e. The molecule has 1 aliphatic carbocycles. The number of aliphatic hydroxyl groups is 1. The number of nitrogens with one attached hydrogen (secondary N) is 1. The van der Waals surface area contributed by atoms with Gasteiger partial charge in [0.15, 0.2) is 0 Å². The van der Waals surface area contributed by atoms with Crippen LogP contribution < -0.4 is 4.72 Å². The van der Waals surface area contributed by atoms with E-state index in [0.717, 1.165) is 12.8 Å². The van der Waals surface area contributed by atoms with E-state index in [9.17, 15) is 8.42 Å². The second-order valence-electron chi connectivity index (χ2n) is 2.94. The van der Waals surface area contributed by atoms with Gasteiger partial charge >= 0.3 is 0 Å². The third-order valence-corrected chi connectivity index (χ3v) is 3.41. The van der Waals surface area contributed by atoms with Crippen LogP contribution in [0.15, 0.2) is 0 Å². The molecule has 66 valence electrons. The Labute approximate surface area is 66.7 Å². The quantitative estimate of drug-likeness (QED) is 0.608. The summed E-state index contributed by atoms with van der Waals surface area (Å²) in [6.07, 6.45) is 1.51. The number of rotatable bonds is 4. The summed E-state index contributed by atoms with van der Waals surface area (Å²) >= 11 is 0. The van der Waals surface area contributed by atoms with Gasteiger partial charge in [-0.15, -0.1) is 0 Å². The molecule has 0 atom stereocenters. The third kappa shape index (κ3) is 2.15. The van der Waals surface area contributed by atoms with Gasteiger partial charge in [0.2, 0.25) is 10.0 Å². The van der Waals surface area contributed by atoms with E-state index >= 15 is 0 Å². The van der Waals surface area contributed by atoms with E-state index in [-0.39, 0.29) is 12.4 Å². The first-order valence-corrected chi connectivity index (χ1v) is 5.31. The molecular weight excluding hydrogens is 166 g/mol. The normalized spacial score (nSPS) is 21.6. The van der Waals surface area contributed by atoms with Crippen molar-refractivity contribution in [1.29, 1.82) is 0 Å². The molecule has 5 heteroatoms. The highest BCUT2D eigenvalue weighted by atomic mass is 32.2. The number of hydrogen-bond donors (Lipinski definition) is 2. The molecular formula is C6H13NO3S. The van der Waals surface area contributed by atoms with Crippen molar-refractivity contribution in [2.75, 3.05) is 12.4 Å². The highest BCUT2D eigenvalue weighted by Gasteiger charge is 2.44. The predicted molar refractivity (Wildman–Crippen MR) is 41.6 cm³/mol. The average molecular weight is 179 g/mol. The first-order chi connectivity index (χ1) is 5.04. The standard InChI is InChI=1S/C6H13NO3S/c1-2-11(9,10)7-6(5-8)3-4-6/h7-8H,2-5H2,1H3. The van der Waals surface area contributed by atoms with Crippen molar-refractivity contribution in [1.82, 2.24) is 4.72 Å². The van der Waals surface area contributed by atoms with E-state index in [1.807, 2.05) is 0 Å². The maximum atomic E-state index is 11.0. The Balaban J connectivity index is 2.55. The summed E-state index contributed by atoms with van der Waals surface area (Å²) in [5.41, 5.74) is -0.505. The van der Waals surface area contributed by atoms with Gasteiger partial charge in [0.05, 0.1) is 17.9 Å². The van der Waals surface area contributed by atoms with Gasteiger partial charge in [-0.2, -0.15) is 0 Å². The molecule has 0 aliphatic heterocycles. The summed E-state index contributed by atoms with van der Waals surface area (Å²) in [5.74, 6) is 0.0781. The number of hydrogen-bond acceptors (Lipinski definition) is 3. The van der Waals surface area contributed by atoms with Gasteiger partial charge in [0.1, 0.15) is 0 Å². The van der Waals surface area contributed by atoms with Crippen LogP contribution in [-0.4, -0.2) is 31.4 Å². The van der Waals surface area contributed by atoms with Crippen LogP contribution >= 0.6 is 0 Å². The summed E-state index contributed by atoms with van der Waals surface area (Å²) < 4.78 is 24.4. The Hall–Kier alpha value is -0.130. The topological polar surface area (TPSA) is 66.4 Å². The zero-order valence-electron chi connectivity index (χ0n) is 6.50. The zero-order valence-corrected chi connectivity index (χ0v) is 7.32. The first kappa shape index (κ1) is 8.96. The van der Waals surface area contributed by atoms with Gasteiger partial charge < -0.3 is 5.11 Å². The Morgan fingerprint density at radius 3 is 2.36 bits per heavy atom. The van der Waals surface area contributed by atoms with Crippen molar-refractivity contribution in [3.8, 4) is 0 Å². The van der Waals surface area contributed by atoms with Gasteiger partial charge in [-0.05, 0) is 19.8 Å². The van der Waals surface area contributed by atoms with Crippen molar-refractivity contribution in [2.45, 2.75) is 25.3 Å². The fraction of sp³-hybridized carbons (Fsp3) is 1.00. The minimum atomic E-state index is -3.14. The third-order valence-electron chi connectivity index (χ3n) is 1.91. The minimum Gasteiger partial charge on any atom is -0.394 e. The molecule has 0 bridgehead atoms. The van der Waals surface area contributed by atoms with Crippen LogP contribution in [0.25, 0.3) is 0 Å². The molecule has 1 rings (SSSR count). The van der Waals surface area contributed by atoms with Crippen LogP contribution in [0.1, 0.15) is 19.8 Å². The largest absolute Gasteiger partial charge is 0.394 e. The Morgan fingerprint density at radius 1 is 1.55 bits per heavy atom. The van der Waals surface area contributed by atoms with Crippen LogP contribution in [0.2, 0.25) is 0 Å². The monoisotopic (exact) mass is 179 g/mol. The highest BCUT2D eigenvalue weighted by Crippen LogP contribution is 2.35. The van der Waals surface area contributed by atoms with E-state index in [2.05, 4.69) is 4.72 Å². The summed E-state index contributed by atoms with van der Waals surface area (Å²) in [6.45, 7) is 1.49. The van der Waals surface area contributed by atoms with Gasteiger partial charge in [0, 0.05) is 0 Å². The summed E-state index contributed by atoms with van der Waals surface area (Å²) in [5, 5.41) is 8.79. The van der Waals surface area contributed by atoms with Crippen LogP contribution in [0.3, 0.4) is 0 Å². The molecule has 0 amide bonds. The summed E-state index contributed by atoms with van der Waals surface area (Å²) in [7, 11) is -3.14. The molecule has 0 spiro atoms. The molecule has 4 nitrogen and oxygen atoms in total. The Bertz CT molecular complexity index is 230. The lowest BCUT2D eigenvalue weighted by Crippen LogP contribution is -2.40. The van der Waals surface area contributed by atoms with Crippen LogP contribution in [0.4, 0.5) is 0 Å². The van der Waals surface area contributed by atoms with Crippen LogP contribution in [0, 0.1) is 0 Å². The smallest absolute Gasteiger partial charge is 0.211 e. The molecule has 0 aromatic heterocycles. The molecule has 1 aliphatic rings. The number of sulfonamides is 1. The lowest BCUT2D eigenvalue weighted by Gasteiger charge is -2.12. The van der Waals surface area contributed by atoms with E-state index < -0.39 is 15.6 Å². The zero-order chi connectivity index (χ0) is 8.54.